The number of nitrogens with zero attached hydrogens (tertiary/aromatic N) is 5. The van der Waals surface area contributed by atoms with E-state index < -0.39 is 0 Å². The lowest BCUT2D eigenvalue weighted by atomic mass is 10.2. The van der Waals surface area contributed by atoms with Gasteiger partial charge in [0.05, 0.1) is 40.3 Å². The van der Waals surface area contributed by atoms with Crippen molar-refractivity contribution in [2.24, 2.45) is 0 Å². The van der Waals surface area contributed by atoms with Gasteiger partial charge < -0.3 is 0 Å². The normalized spacial score (nSPS) is 11.2. The van der Waals surface area contributed by atoms with E-state index in [9.17, 15) is 0 Å². The molecule has 5 nitrogen and oxygen atoms in total. The van der Waals surface area contributed by atoms with Gasteiger partial charge in [0.1, 0.15) is 0 Å². The zero-order valence-electron chi connectivity index (χ0n) is 13.2. The molecule has 0 radical (unpaired) electrons. The second-order valence-electron chi connectivity index (χ2n) is 5.80. The highest BCUT2D eigenvalue weighted by atomic mass is 15.3. The van der Waals surface area contributed by atoms with Gasteiger partial charge in [-0.25, -0.2) is 9.67 Å². The molecule has 0 aliphatic heterocycles. The second-order valence-corrected chi connectivity index (χ2v) is 5.80. The van der Waals surface area contributed by atoms with Crippen LogP contribution in [-0.4, -0.2) is 24.7 Å². The molecule has 118 valence electrons. The van der Waals surface area contributed by atoms with Crippen molar-refractivity contribution in [1.82, 2.24) is 24.7 Å². The molecule has 5 rings (SSSR count). The molecule has 0 bridgehead atoms. The summed E-state index contributed by atoms with van der Waals surface area (Å²) < 4.78 is 1.85. The largest absolute Gasteiger partial charge is 0.256 e. The molecule has 2 aromatic carbocycles. The van der Waals surface area contributed by atoms with Crippen LogP contribution < -0.4 is 0 Å². The van der Waals surface area contributed by atoms with Gasteiger partial charge in [0, 0.05) is 23.3 Å². The number of benzene rings is 2. The maximum Gasteiger partial charge on any atom is 0.0924 e. The van der Waals surface area contributed by atoms with Crippen LogP contribution in [0, 0.1) is 0 Å². The van der Waals surface area contributed by atoms with Crippen molar-refractivity contribution in [2.75, 3.05) is 0 Å². The molecule has 25 heavy (non-hydrogen) atoms. The minimum atomic E-state index is 0.812. The van der Waals surface area contributed by atoms with Gasteiger partial charge in [-0.2, -0.15) is 5.10 Å². The number of para-hydroxylation sites is 2. The Morgan fingerprint density at radius 1 is 0.760 bits per heavy atom. The summed E-state index contributed by atoms with van der Waals surface area (Å²) in [6.07, 6.45) is 7.36. The highest BCUT2D eigenvalue weighted by Gasteiger charge is 2.07. The summed E-state index contributed by atoms with van der Waals surface area (Å²) in [4.78, 5) is 13.5. The average molecular weight is 323 g/mol. The van der Waals surface area contributed by atoms with Crippen molar-refractivity contribution in [3.63, 3.8) is 0 Å². The maximum absolute atomic E-state index is 4.68. The molecular formula is C20H13N5. The monoisotopic (exact) mass is 323 g/mol. The standard InChI is InChI=1S/C20H13N5/c1-2-6-19-18(5-1)22-12-20(24-19)15-11-23-25(13-15)16-7-8-17-14(10-16)4-3-9-21-17/h1-13H. The Hall–Kier alpha value is -3.60. The van der Waals surface area contributed by atoms with Crippen molar-refractivity contribution in [3.8, 4) is 16.9 Å². The van der Waals surface area contributed by atoms with Crippen molar-refractivity contribution < 1.29 is 0 Å². The van der Waals surface area contributed by atoms with Gasteiger partial charge in [-0.15, -0.1) is 0 Å². The van der Waals surface area contributed by atoms with Crippen LogP contribution >= 0.6 is 0 Å². The molecule has 0 aliphatic rings. The molecule has 0 N–H and O–H groups in total. The summed E-state index contributed by atoms with van der Waals surface area (Å²) >= 11 is 0. The van der Waals surface area contributed by atoms with E-state index in [4.69, 9.17) is 0 Å². The summed E-state index contributed by atoms with van der Waals surface area (Å²) in [6, 6.07) is 17.9. The van der Waals surface area contributed by atoms with Gasteiger partial charge in [-0.05, 0) is 36.4 Å². The third-order valence-electron chi connectivity index (χ3n) is 4.18. The molecule has 0 saturated carbocycles. The highest BCUT2D eigenvalue weighted by Crippen LogP contribution is 2.21. The van der Waals surface area contributed by atoms with Crippen LogP contribution in [0.25, 0.3) is 38.9 Å². The number of hydrogen-bond donors (Lipinski definition) is 0. The zero-order chi connectivity index (χ0) is 16.6. The molecule has 0 amide bonds. The minimum absolute atomic E-state index is 0.812. The topological polar surface area (TPSA) is 56.5 Å². The Labute approximate surface area is 143 Å². The fraction of sp³-hybridized carbons (Fsp3) is 0. The first kappa shape index (κ1) is 13.8. The molecule has 0 saturated heterocycles. The third kappa shape index (κ3) is 2.42. The predicted octanol–water partition coefficient (Wildman–Crippen LogP) is 4.03. The van der Waals surface area contributed by atoms with E-state index in [0.29, 0.717) is 0 Å². The van der Waals surface area contributed by atoms with E-state index in [1.54, 1.807) is 12.4 Å². The molecule has 3 aromatic heterocycles. The first-order valence-electron chi connectivity index (χ1n) is 7.99. The Kier molecular flexibility index (Phi) is 3.03. The summed E-state index contributed by atoms with van der Waals surface area (Å²) in [5.41, 5.74) is 5.47. The molecule has 5 aromatic rings. The fourth-order valence-electron chi connectivity index (χ4n) is 2.90. The average Bonchev–Trinajstić information content (AvgIpc) is 3.17. The second kappa shape index (κ2) is 5.49. The molecule has 0 spiro atoms. The number of rotatable bonds is 2. The lowest BCUT2D eigenvalue weighted by Gasteiger charge is -2.03. The van der Waals surface area contributed by atoms with Crippen LogP contribution in [-0.2, 0) is 0 Å². The summed E-state index contributed by atoms with van der Waals surface area (Å²) in [5.74, 6) is 0. The summed E-state index contributed by atoms with van der Waals surface area (Å²) in [6.45, 7) is 0. The SMILES string of the molecule is c1cnc2ccc(-n3cc(-c4cnc5ccccc5n4)cn3)cc2c1. The first-order valence-corrected chi connectivity index (χ1v) is 7.99. The zero-order valence-corrected chi connectivity index (χ0v) is 13.2. The van der Waals surface area contributed by atoms with Crippen molar-refractivity contribution in [1.29, 1.82) is 0 Å². The molecule has 0 unspecified atom stereocenters. The molecular weight excluding hydrogens is 310 g/mol. The van der Waals surface area contributed by atoms with Gasteiger partial charge >= 0.3 is 0 Å². The molecule has 0 fully saturated rings. The van der Waals surface area contributed by atoms with E-state index in [0.717, 1.165) is 38.9 Å². The quantitative estimate of drug-likeness (QED) is 0.492. The van der Waals surface area contributed by atoms with E-state index in [1.165, 1.54) is 0 Å². The lowest BCUT2D eigenvalue weighted by Crippen LogP contribution is -1.94. The lowest BCUT2D eigenvalue weighted by molar-refractivity contribution is 0.882. The van der Waals surface area contributed by atoms with Crippen LogP contribution in [0.1, 0.15) is 0 Å². The van der Waals surface area contributed by atoms with Crippen molar-refractivity contribution in [3.05, 3.63) is 79.4 Å². The molecule has 0 aliphatic carbocycles. The highest BCUT2D eigenvalue weighted by molar-refractivity contribution is 5.80. The Balaban J connectivity index is 1.57. The summed E-state index contributed by atoms with van der Waals surface area (Å²) in [5, 5.41) is 5.56. The van der Waals surface area contributed by atoms with Crippen LogP contribution in [0.5, 0.6) is 0 Å². The van der Waals surface area contributed by atoms with Crippen LogP contribution in [0.15, 0.2) is 79.4 Å². The maximum atomic E-state index is 4.68. The van der Waals surface area contributed by atoms with Gasteiger partial charge in [0.15, 0.2) is 0 Å². The Bertz CT molecular complexity index is 1120. The Morgan fingerprint density at radius 2 is 1.68 bits per heavy atom. The fourth-order valence-corrected chi connectivity index (χ4v) is 2.90. The number of hydrogen-bond acceptors (Lipinski definition) is 4. The van der Waals surface area contributed by atoms with Crippen molar-refractivity contribution in [2.45, 2.75) is 0 Å². The van der Waals surface area contributed by atoms with Crippen LogP contribution in [0.4, 0.5) is 0 Å². The number of fused-ring (bicyclic) bond motifs is 2. The first-order chi connectivity index (χ1) is 12.4. The number of pyridine rings is 1. The van der Waals surface area contributed by atoms with Crippen LogP contribution in [0.3, 0.4) is 0 Å². The van der Waals surface area contributed by atoms with E-state index >= 15 is 0 Å². The molecule has 3 heterocycles. The van der Waals surface area contributed by atoms with E-state index in [2.05, 4.69) is 26.1 Å². The van der Waals surface area contributed by atoms with E-state index in [-0.39, 0.29) is 0 Å². The number of aromatic nitrogens is 5. The smallest absolute Gasteiger partial charge is 0.0924 e. The molecule has 5 heteroatoms. The van der Waals surface area contributed by atoms with Gasteiger partial charge in [-0.3, -0.25) is 9.97 Å². The Morgan fingerprint density at radius 3 is 2.64 bits per heavy atom. The molecule has 0 atom stereocenters. The summed E-state index contributed by atoms with van der Waals surface area (Å²) in [7, 11) is 0. The third-order valence-corrected chi connectivity index (χ3v) is 4.18. The van der Waals surface area contributed by atoms with Crippen LogP contribution in [0.2, 0.25) is 0 Å². The van der Waals surface area contributed by atoms with Gasteiger partial charge in [0.2, 0.25) is 0 Å². The van der Waals surface area contributed by atoms with Crippen molar-refractivity contribution >= 4 is 21.9 Å². The van der Waals surface area contributed by atoms with Gasteiger partial charge in [0.25, 0.3) is 0 Å². The van der Waals surface area contributed by atoms with Gasteiger partial charge in [-0.1, -0.05) is 18.2 Å². The van der Waals surface area contributed by atoms with E-state index in [1.807, 2.05) is 65.6 Å². The minimum Gasteiger partial charge on any atom is -0.256 e. The predicted molar refractivity (Wildman–Crippen MR) is 97.4 cm³/mol.